The average molecular weight is 378 g/mol. The van der Waals surface area contributed by atoms with E-state index >= 15 is 0 Å². The molecule has 4 rings (SSSR count). The topological polar surface area (TPSA) is 82.6 Å². The molecule has 0 fully saturated rings. The van der Waals surface area contributed by atoms with Gasteiger partial charge in [-0.25, -0.2) is 9.37 Å². The Morgan fingerprint density at radius 1 is 1.04 bits per heavy atom. The van der Waals surface area contributed by atoms with Gasteiger partial charge in [-0.05, 0) is 35.9 Å². The smallest absolute Gasteiger partial charge is 0.159 e. The number of halogens is 1. The van der Waals surface area contributed by atoms with Crippen molar-refractivity contribution in [3.8, 4) is 5.75 Å². The van der Waals surface area contributed by atoms with Gasteiger partial charge in [0.05, 0.1) is 17.6 Å². The highest BCUT2D eigenvalue weighted by atomic mass is 19.1. The molecule has 0 radical (unpaired) electrons. The molecule has 0 bridgehead atoms. The maximum atomic E-state index is 12.9. The SMILES string of the molecule is Nc1ccc(C2CC(Cc3ccc(OCc4ccc(F)cn4)cc3)=NO2)cn1. The van der Waals surface area contributed by atoms with Gasteiger partial charge in [0.15, 0.2) is 6.10 Å². The van der Waals surface area contributed by atoms with E-state index in [9.17, 15) is 4.39 Å². The summed E-state index contributed by atoms with van der Waals surface area (Å²) in [6.45, 7) is 0.289. The van der Waals surface area contributed by atoms with E-state index < -0.39 is 0 Å². The summed E-state index contributed by atoms with van der Waals surface area (Å²) in [4.78, 5) is 13.6. The second-order valence-corrected chi connectivity index (χ2v) is 6.55. The second kappa shape index (κ2) is 8.04. The molecular formula is C21H19FN4O2. The van der Waals surface area contributed by atoms with Crippen LogP contribution in [0.25, 0.3) is 0 Å². The van der Waals surface area contributed by atoms with Crippen LogP contribution in [0.4, 0.5) is 10.2 Å². The monoisotopic (exact) mass is 378 g/mol. The number of aromatic nitrogens is 2. The quantitative estimate of drug-likeness (QED) is 0.705. The van der Waals surface area contributed by atoms with Gasteiger partial charge in [-0.2, -0.15) is 0 Å². The molecule has 1 aliphatic heterocycles. The van der Waals surface area contributed by atoms with Gasteiger partial charge < -0.3 is 15.3 Å². The molecule has 142 valence electrons. The van der Waals surface area contributed by atoms with E-state index in [0.29, 0.717) is 17.9 Å². The van der Waals surface area contributed by atoms with Crippen LogP contribution in [0.5, 0.6) is 5.75 Å². The summed E-state index contributed by atoms with van der Waals surface area (Å²) in [6.07, 6.45) is 4.22. The third-order valence-electron chi connectivity index (χ3n) is 4.42. The Labute approximate surface area is 161 Å². The van der Waals surface area contributed by atoms with Crippen molar-refractivity contribution in [2.75, 3.05) is 5.73 Å². The third-order valence-corrected chi connectivity index (χ3v) is 4.42. The molecule has 0 saturated carbocycles. The Hall–Kier alpha value is -3.48. The van der Waals surface area contributed by atoms with Gasteiger partial charge in [0.1, 0.15) is 24.0 Å². The number of anilines is 1. The summed E-state index contributed by atoms with van der Waals surface area (Å²) in [5.74, 6) is 0.854. The minimum atomic E-state index is -0.359. The van der Waals surface area contributed by atoms with Gasteiger partial charge >= 0.3 is 0 Å². The maximum Gasteiger partial charge on any atom is 0.159 e. The van der Waals surface area contributed by atoms with Crippen molar-refractivity contribution in [3.63, 3.8) is 0 Å². The standard InChI is InChI=1S/C21H19FN4O2/c22-16-4-5-17(24-12-16)13-27-19-6-1-14(2-7-19)9-18-10-20(28-26-18)15-3-8-21(23)25-11-15/h1-8,11-12,20H,9-10,13H2,(H2,23,25). The van der Waals surface area contributed by atoms with Crippen LogP contribution in [0, 0.1) is 5.82 Å². The summed E-state index contributed by atoms with van der Waals surface area (Å²) in [5.41, 5.74) is 9.35. The fraction of sp³-hybridized carbons (Fsp3) is 0.190. The first kappa shape index (κ1) is 17.9. The van der Waals surface area contributed by atoms with Gasteiger partial charge in [-0.1, -0.05) is 23.4 Å². The number of ether oxygens (including phenoxy) is 1. The van der Waals surface area contributed by atoms with E-state index in [0.717, 1.165) is 29.0 Å². The average Bonchev–Trinajstić information content (AvgIpc) is 3.18. The van der Waals surface area contributed by atoms with Crippen molar-refractivity contribution in [2.45, 2.75) is 25.6 Å². The van der Waals surface area contributed by atoms with Crippen LogP contribution in [0.15, 0.2) is 66.1 Å². The van der Waals surface area contributed by atoms with Gasteiger partial charge in [-0.3, -0.25) is 4.98 Å². The molecule has 3 heterocycles. The van der Waals surface area contributed by atoms with E-state index in [2.05, 4.69) is 15.1 Å². The van der Waals surface area contributed by atoms with E-state index in [-0.39, 0.29) is 18.5 Å². The number of pyridine rings is 2. The van der Waals surface area contributed by atoms with Crippen LogP contribution in [-0.2, 0) is 17.9 Å². The first-order valence-corrected chi connectivity index (χ1v) is 8.91. The molecule has 0 spiro atoms. The predicted molar refractivity (Wildman–Crippen MR) is 103 cm³/mol. The number of hydrogen-bond acceptors (Lipinski definition) is 6. The summed E-state index contributed by atoms with van der Waals surface area (Å²) in [7, 11) is 0. The number of nitrogens with zero attached hydrogens (tertiary/aromatic N) is 3. The van der Waals surface area contributed by atoms with Crippen molar-refractivity contribution in [1.82, 2.24) is 9.97 Å². The molecule has 1 atom stereocenters. The molecule has 1 aliphatic rings. The molecule has 3 aromatic rings. The Balaban J connectivity index is 1.29. The van der Waals surface area contributed by atoms with Crippen molar-refractivity contribution >= 4 is 11.5 Å². The van der Waals surface area contributed by atoms with Gasteiger partial charge in [0.2, 0.25) is 0 Å². The molecule has 0 amide bonds. The molecule has 28 heavy (non-hydrogen) atoms. The highest BCUT2D eigenvalue weighted by molar-refractivity contribution is 5.87. The van der Waals surface area contributed by atoms with Crippen LogP contribution < -0.4 is 10.5 Å². The summed E-state index contributed by atoms with van der Waals surface area (Å²) < 4.78 is 18.6. The molecule has 0 aliphatic carbocycles. The van der Waals surface area contributed by atoms with Crippen LogP contribution >= 0.6 is 0 Å². The first-order chi connectivity index (χ1) is 13.7. The zero-order valence-corrected chi connectivity index (χ0v) is 15.1. The molecular weight excluding hydrogens is 359 g/mol. The van der Waals surface area contributed by atoms with Crippen LogP contribution in [0.2, 0.25) is 0 Å². The molecule has 0 saturated heterocycles. The summed E-state index contributed by atoms with van der Waals surface area (Å²) in [6, 6.07) is 14.4. The van der Waals surface area contributed by atoms with Gasteiger partial charge in [0, 0.05) is 24.6 Å². The molecule has 1 unspecified atom stereocenters. The zero-order valence-electron chi connectivity index (χ0n) is 15.1. The fourth-order valence-electron chi connectivity index (χ4n) is 2.91. The lowest BCUT2D eigenvalue weighted by molar-refractivity contribution is 0.0855. The minimum Gasteiger partial charge on any atom is -0.487 e. The Bertz CT molecular complexity index is 957. The van der Waals surface area contributed by atoms with E-state index in [1.54, 1.807) is 18.3 Å². The summed E-state index contributed by atoms with van der Waals surface area (Å²) >= 11 is 0. The molecule has 2 aromatic heterocycles. The normalized spacial score (nSPS) is 15.8. The van der Waals surface area contributed by atoms with Crippen LogP contribution in [0.3, 0.4) is 0 Å². The van der Waals surface area contributed by atoms with Crippen LogP contribution in [-0.4, -0.2) is 15.7 Å². The van der Waals surface area contributed by atoms with Crippen molar-refractivity contribution in [2.24, 2.45) is 5.16 Å². The Morgan fingerprint density at radius 3 is 2.61 bits per heavy atom. The van der Waals surface area contributed by atoms with Crippen molar-refractivity contribution in [3.05, 3.63) is 83.6 Å². The van der Waals surface area contributed by atoms with Crippen LogP contribution in [0.1, 0.15) is 29.3 Å². The first-order valence-electron chi connectivity index (χ1n) is 8.91. The number of benzene rings is 1. The number of nitrogen functional groups attached to an aromatic ring is 1. The fourth-order valence-corrected chi connectivity index (χ4v) is 2.91. The summed E-state index contributed by atoms with van der Waals surface area (Å²) in [5, 5.41) is 4.20. The molecule has 1 aromatic carbocycles. The van der Waals surface area contributed by atoms with Gasteiger partial charge in [-0.15, -0.1) is 0 Å². The molecule has 6 nitrogen and oxygen atoms in total. The van der Waals surface area contributed by atoms with E-state index in [1.807, 2.05) is 30.3 Å². The highest BCUT2D eigenvalue weighted by Gasteiger charge is 2.23. The van der Waals surface area contributed by atoms with Gasteiger partial charge in [0.25, 0.3) is 0 Å². The number of hydrogen-bond donors (Lipinski definition) is 1. The zero-order chi connectivity index (χ0) is 19.3. The minimum absolute atomic E-state index is 0.117. The van der Waals surface area contributed by atoms with E-state index in [1.165, 1.54) is 12.3 Å². The van der Waals surface area contributed by atoms with E-state index in [4.69, 9.17) is 15.3 Å². The molecule has 2 N–H and O–H groups in total. The predicted octanol–water partition coefficient (Wildman–Crippen LogP) is 3.84. The Kier molecular flexibility index (Phi) is 5.14. The number of nitrogens with two attached hydrogens (primary N) is 1. The lowest BCUT2D eigenvalue weighted by Gasteiger charge is -2.08. The van der Waals surface area contributed by atoms with Crippen molar-refractivity contribution in [1.29, 1.82) is 0 Å². The lowest BCUT2D eigenvalue weighted by Crippen LogP contribution is -2.04. The second-order valence-electron chi connectivity index (χ2n) is 6.55. The number of rotatable bonds is 6. The molecule has 7 heteroatoms. The third kappa shape index (κ3) is 4.43. The highest BCUT2D eigenvalue weighted by Crippen LogP contribution is 2.28. The Morgan fingerprint density at radius 2 is 1.89 bits per heavy atom. The maximum absolute atomic E-state index is 12.9. The lowest BCUT2D eigenvalue weighted by atomic mass is 10.0. The largest absolute Gasteiger partial charge is 0.487 e. The van der Waals surface area contributed by atoms with Crippen molar-refractivity contribution < 1.29 is 14.0 Å². The number of oxime groups is 1.